The number of anilines is 3. The van der Waals surface area contributed by atoms with Crippen LogP contribution in [-0.4, -0.2) is 162 Å². The van der Waals surface area contributed by atoms with Crippen LogP contribution in [-0.2, 0) is 35.5 Å². The Balaban J connectivity index is 0.705. The molecule has 6 aromatic rings. The van der Waals surface area contributed by atoms with Gasteiger partial charge in [-0.05, 0) is 78.5 Å². The first-order valence-electron chi connectivity index (χ1n) is 25.8. The van der Waals surface area contributed by atoms with Crippen molar-refractivity contribution in [2.24, 2.45) is 11.7 Å². The number of nitrogens with one attached hydrogen (secondary N) is 1. The summed E-state index contributed by atoms with van der Waals surface area (Å²) in [5.74, 6) is 1.37. The summed E-state index contributed by atoms with van der Waals surface area (Å²) < 4.78 is 1.53. The van der Waals surface area contributed by atoms with Crippen LogP contribution in [0.15, 0.2) is 85.5 Å². The van der Waals surface area contributed by atoms with E-state index in [0.717, 1.165) is 117 Å². The maximum atomic E-state index is 13.6. The highest BCUT2D eigenvalue weighted by atomic mass is 16.3. The molecule has 2 aromatic heterocycles. The van der Waals surface area contributed by atoms with Gasteiger partial charge in [0.25, 0.3) is 5.91 Å². The topological polar surface area (TPSA) is 226 Å². The van der Waals surface area contributed by atoms with Gasteiger partial charge >= 0.3 is 0 Å². The first kappa shape index (κ1) is 49.8. The standard InChI is InChI=1S/C55H65N13O6/c1-3-38-30-44(48(71)32-47(38)70)53-60-61-54(51(56)74)68(53)40-11-9-36(10-12-40)33-62-21-23-63(24-22-62)34-37-14-18-64(19-15-37)50(73)13-17-57-55-58-45-35-67(46-31-41(69)29-39-7-5-6-8-42(39)46)20-16-43(45)52(59-55)66-27-25-65(26-28-66)49(72)4-2/h4-12,29-32,37,69-71H,2-3,13-28,33-35H2,1H3,(H2,56,74)(H,57,58,59). The lowest BCUT2D eigenvalue weighted by Gasteiger charge is -2.39. The third-order valence-electron chi connectivity index (χ3n) is 15.1. The number of hydrogen-bond donors (Lipinski definition) is 5. The summed E-state index contributed by atoms with van der Waals surface area (Å²) in [6, 6.07) is 22.4. The summed E-state index contributed by atoms with van der Waals surface area (Å²) in [4.78, 5) is 61.9. The van der Waals surface area contributed by atoms with Crippen LogP contribution in [0.5, 0.6) is 17.2 Å². The van der Waals surface area contributed by atoms with Gasteiger partial charge in [0.1, 0.15) is 23.1 Å². The normalized spacial score (nSPS) is 16.9. The minimum Gasteiger partial charge on any atom is -0.508 e. The van der Waals surface area contributed by atoms with Crippen molar-refractivity contribution in [1.82, 2.24) is 44.3 Å². The number of phenolic OH excluding ortho intramolecular Hbond substituents is 3. The fourth-order valence-electron chi connectivity index (χ4n) is 11.0. The second kappa shape index (κ2) is 21.8. The maximum absolute atomic E-state index is 13.6. The summed E-state index contributed by atoms with van der Waals surface area (Å²) in [6.45, 7) is 16.7. The number of nitrogens with two attached hydrogens (primary N) is 1. The van der Waals surface area contributed by atoms with E-state index in [1.54, 1.807) is 12.1 Å². The van der Waals surface area contributed by atoms with E-state index in [1.165, 1.54) is 16.7 Å². The molecule has 4 aliphatic heterocycles. The molecule has 19 heteroatoms. The fraction of sp³-hybridized carbons (Fsp3) is 0.400. The van der Waals surface area contributed by atoms with Crippen molar-refractivity contribution in [2.45, 2.75) is 52.1 Å². The molecule has 74 heavy (non-hydrogen) atoms. The Bertz CT molecular complexity index is 3050. The van der Waals surface area contributed by atoms with Crippen molar-refractivity contribution in [3.63, 3.8) is 0 Å². The number of carbonyl (C=O) groups excluding carboxylic acids is 3. The Hall–Kier alpha value is -7.77. The molecular formula is C55H65N13O6. The number of primary amides is 1. The Morgan fingerprint density at radius 1 is 0.797 bits per heavy atom. The van der Waals surface area contributed by atoms with Crippen LogP contribution in [0.2, 0.25) is 0 Å². The van der Waals surface area contributed by atoms with Crippen LogP contribution in [0.4, 0.5) is 17.5 Å². The highest BCUT2D eigenvalue weighted by Crippen LogP contribution is 2.38. The van der Waals surface area contributed by atoms with Gasteiger partial charge < -0.3 is 50.9 Å². The van der Waals surface area contributed by atoms with E-state index >= 15 is 0 Å². The number of aromatic nitrogens is 5. The molecule has 0 bridgehead atoms. The number of phenols is 3. The summed E-state index contributed by atoms with van der Waals surface area (Å²) in [5.41, 5.74) is 11.3. The van der Waals surface area contributed by atoms with Gasteiger partial charge in [0.15, 0.2) is 5.82 Å². The molecule has 3 amide bonds. The number of amides is 3. The lowest BCUT2D eigenvalue weighted by molar-refractivity contribution is -0.132. The number of carbonyl (C=O) groups is 3. The van der Waals surface area contributed by atoms with Crippen LogP contribution in [0, 0.1) is 5.92 Å². The van der Waals surface area contributed by atoms with Gasteiger partial charge in [0.2, 0.25) is 23.6 Å². The van der Waals surface area contributed by atoms with E-state index in [9.17, 15) is 29.7 Å². The molecule has 0 unspecified atom stereocenters. The Morgan fingerprint density at radius 3 is 2.27 bits per heavy atom. The average Bonchev–Trinajstić information content (AvgIpc) is 3.87. The summed E-state index contributed by atoms with van der Waals surface area (Å²) in [7, 11) is 0. The second-order valence-electron chi connectivity index (χ2n) is 19.8. The molecule has 0 saturated carbocycles. The predicted molar refractivity (Wildman–Crippen MR) is 284 cm³/mol. The minimum absolute atomic E-state index is 0.0206. The molecule has 386 valence electrons. The van der Waals surface area contributed by atoms with Gasteiger partial charge in [0.05, 0.1) is 17.8 Å². The molecule has 3 fully saturated rings. The molecule has 3 saturated heterocycles. The molecule has 0 aliphatic carbocycles. The Kier molecular flexibility index (Phi) is 14.6. The molecule has 4 aromatic carbocycles. The molecular weight excluding hydrogens is 939 g/mol. The quantitative estimate of drug-likeness (QED) is 0.0862. The third-order valence-corrected chi connectivity index (χ3v) is 15.1. The number of benzene rings is 4. The average molecular weight is 1000 g/mol. The highest BCUT2D eigenvalue weighted by Gasteiger charge is 2.31. The molecule has 6 N–H and O–H groups in total. The van der Waals surface area contributed by atoms with Gasteiger partial charge in [0, 0.05) is 133 Å². The lowest BCUT2D eigenvalue weighted by atomic mass is 9.95. The number of rotatable bonds is 15. The number of piperazine rings is 2. The zero-order valence-electron chi connectivity index (χ0n) is 42.0. The second-order valence-corrected chi connectivity index (χ2v) is 19.8. The van der Waals surface area contributed by atoms with Gasteiger partial charge in [-0.25, -0.2) is 4.98 Å². The number of piperidine rings is 1. The third kappa shape index (κ3) is 10.7. The van der Waals surface area contributed by atoms with E-state index in [2.05, 4.69) is 47.8 Å². The summed E-state index contributed by atoms with van der Waals surface area (Å²) >= 11 is 0. The minimum atomic E-state index is -0.752. The van der Waals surface area contributed by atoms with Crippen LogP contribution in [0.1, 0.15) is 59.2 Å². The van der Waals surface area contributed by atoms with E-state index in [4.69, 9.17) is 15.7 Å². The van der Waals surface area contributed by atoms with Gasteiger partial charge in [-0.3, -0.25) is 23.9 Å². The summed E-state index contributed by atoms with van der Waals surface area (Å²) in [5, 5.41) is 45.4. The van der Waals surface area contributed by atoms with Crippen LogP contribution in [0.3, 0.4) is 0 Å². The van der Waals surface area contributed by atoms with Gasteiger partial charge in [-0.15, -0.1) is 10.2 Å². The van der Waals surface area contributed by atoms with Crippen molar-refractivity contribution in [3.8, 4) is 34.3 Å². The van der Waals surface area contributed by atoms with E-state index in [1.807, 2.05) is 65.3 Å². The maximum Gasteiger partial charge on any atom is 0.287 e. The Morgan fingerprint density at radius 2 is 1.54 bits per heavy atom. The number of aryl methyl sites for hydroxylation is 1. The zero-order chi connectivity index (χ0) is 51.5. The molecule has 10 rings (SSSR count). The van der Waals surface area contributed by atoms with E-state index < -0.39 is 5.91 Å². The monoisotopic (exact) mass is 1000 g/mol. The Labute approximate surface area is 430 Å². The first-order valence-corrected chi connectivity index (χ1v) is 25.8. The smallest absolute Gasteiger partial charge is 0.287 e. The zero-order valence-corrected chi connectivity index (χ0v) is 42.0. The molecule has 19 nitrogen and oxygen atoms in total. The molecule has 0 radical (unpaired) electrons. The van der Waals surface area contributed by atoms with Crippen LogP contribution >= 0.6 is 0 Å². The van der Waals surface area contributed by atoms with Gasteiger partial charge in [-0.1, -0.05) is 49.9 Å². The molecule has 4 aliphatic rings. The highest BCUT2D eigenvalue weighted by molar-refractivity contribution is 5.96. The van der Waals surface area contributed by atoms with E-state index in [0.29, 0.717) is 80.8 Å². The largest absolute Gasteiger partial charge is 0.508 e. The number of aromatic hydroxyl groups is 3. The summed E-state index contributed by atoms with van der Waals surface area (Å²) in [6.07, 6.45) is 4.89. The van der Waals surface area contributed by atoms with Crippen molar-refractivity contribution in [2.75, 3.05) is 100 Å². The molecule has 6 heterocycles. The lowest BCUT2D eigenvalue weighted by Crippen LogP contribution is -2.49. The van der Waals surface area contributed by atoms with Crippen molar-refractivity contribution >= 4 is 45.9 Å². The van der Waals surface area contributed by atoms with Crippen molar-refractivity contribution in [3.05, 3.63) is 114 Å². The van der Waals surface area contributed by atoms with Gasteiger partial charge in [-0.2, -0.15) is 4.98 Å². The molecule has 0 spiro atoms. The SMILES string of the molecule is C=CC(=O)N1CCN(c2nc(NCCC(=O)N3CCC(CN4CCN(Cc5ccc(-n6c(C(N)=O)nnc6-c6cc(CC)c(O)cc6O)cc5)CC4)CC3)nc3c2CCN(c2cc(O)cc4ccccc24)C3)CC1. The van der Waals surface area contributed by atoms with Crippen molar-refractivity contribution < 1.29 is 29.7 Å². The van der Waals surface area contributed by atoms with Crippen LogP contribution in [0.25, 0.3) is 27.8 Å². The number of fused-ring (bicyclic) bond motifs is 2. The number of likely N-dealkylation sites (tertiary alicyclic amines) is 1. The fourth-order valence-corrected chi connectivity index (χ4v) is 11.0. The van der Waals surface area contributed by atoms with E-state index in [-0.39, 0.29) is 40.7 Å². The molecule has 0 atom stereocenters. The number of hydrogen-bond acceptors (Lipinski definition) is 15. The van der Waals surface area contributed by atoms with Crippen molar-refractivity contribution in [1.29, 1.82) is 0 Å². The first-order chi connectivity index (χ1) is 35.9. The van der Waals surface area contributed by atoms with Crippen LogP contribution < -0.4 is 20.9 Å². The predicted octanol–water partition coefficient (Wildman–Crippen LogP) is 4.91. The number of nitrogens with zero attached hydrogens (tertiary/aromatic N) is 11.